The van der Waals surface area contributed by atoms with Crippen molar-refractivity contribution in [3.63, 3.8) is 0 Å². The zero-order valence-electron chi connectivity index (χ0n) is 10.7. The molecule has 0 bridgehead atoms. The molecule has 0 aliphatic heterocycles. The molecule has 0 aromatic carbocycles. The van der Waals surface area contributed by atoms with Crippen LogP contribution in [-0.4, -0.2) is 48.2 Å². The molecular formula is C10H20FeN2O4. The van der Waals surface area contributed by atoms with Gasteiger partial charge in [0.25, 0.3) is 0 Å². The Labute approximate surface area is 113 Å². The molecule has 6 nitrogen and oxygen atoms in total. The van der Waals surface area contributed by atoms with E-state index in [2.05, 4.69) is 0 Å². The summed E-state index contributed by atoms with van der Waals surface area (Å²) in [5.74, 6) is 0. The van der Waals surface area contributed by atoms with Crippen LogP contribution in [0, 0.1) is 0 Å². The maximum absolute atomic E-state index is 9.98. The predicted molar refractivity (Wildman–Crippen MR) is 56.6 cm³/mol. The first-order valence-electron chi connectivity index (χ1n) is 5.36. The minimum atomic E-state index is -1.09. The van der Waals surface area contributed by atoms with Crippen molar-refractivity contribution in [3.8, 4) is 0 Å². The summed E-state index contributed by atoms with van der Waals surface area (Å²) in [6.45, 7) is 9.16. The zero-order valence-corrected chi connectivity index (χ0v) is 11.8. The quantitative estimate of drug-likeness (QED) is 0.643. The Morgan fingerprint density at radius 3 is 0.941 bits per heavy atom. The molecule has 0 N–H and O–H groups in total. The van der Waals surface area contributed by atoms with E-state index >= 15 is 0 Å². The number of carboxylic acid groups (broad SMARTS) is 2. The molecule has 2 amide bonds. The van der Waals surface area contributed by atoms with E-state index < -0.39 is 12.2 Å². The Morgan fingerprint density at radius 1 is 0.765 bits per heavy atom. The molecule has 0 saturated carbocycles. The summed E-state index contributed by atoms with van der Waals surface area (Å²) in [6.07, 6.45) is -2.18. The largest absolute Gasteiger partial charge is 2.00 e. The van der Waals surface area contributed by atoms with E-state index in [-0.39, 0.29) is 17.1 Å². The average Bonchev–Trinajstić information content (AvgIpc) is 2.21. The molecule has 0 heterocycles. The first kappa shape index (κ1) is 21.4. The minimum Gasteiger partial charge on any atom is -0.530 e. The number of hydrogen-bond donors (Lipinski definition) is 0. The number of rotatable bonds is 4. The molecule has 0 unspecified atom stereocenters. The van der Waals surface area contributed by atoms with Crippen LogP contribution in [0.15, 0.2) is 0 Å². The molecule has 0 radical (unpaired) electrons. The van der Waals surface area contributed by atoms with Gasteiger partial charge in [-0.3, -0.25) is 0 Å². The molecule has 0 rings (SSSR count). The van der Waals surface area contributed by atoms with E-state index in [0.29, 0.717) is 26.2 Å². The van der Waals surface area contributed by atoms with Crippen LogP contribution in [0.5, 0.6) is 0 Å². The van der Waals surface area contributed by atoms with E-state index in [0.717, 1.165) is 0 Å². The monoisotopic (exact) mass is 288 g/mol. The first-order chi connectivity index (χ1) is 7.44. The van der Waals surface area contributed by atoms with Gasteiger partial charge in [0.1, 0.15) is 12.2 Å². The van der Waals surface area contributed by atoms with Gasteiger partial charge in [0.05, 0.1) is 0 Å². The van der Waals surface area contributed by atoms with Crippen molar-refractivity contribution in [2.24, 2.45) is 0 Å². The number of nitrogens with zero attached hydrogens (tertiary/aromatic N) is 2. The SMILES string of the molecule is CCN(CC)C(=O)[O-].CCN(CC)C(=O)[O-].[Fe+2]. The van der Waals surface area contributed by atoms with Crippen LogP contribution in [0.25, 0.3) is 0 Å². The van der Waals surface area contributed by atoms with E-state index in [1.165, 1.54) is 9.80 Å². The van der Waals surface area contributed by atoms with Gasteiger partial charge in [-0.2, -0.15) is 0 Å². The summed E-state index contributed by atoms with van der Waals surface area (Å²) in [6, 6.07) is 0. The molecule has 0 atom stereocenters. The van der Waals surface area contributed by atoms with Gasteiger partial charge in [-0.05, 0) is 27.7 Å². The Morgan fingerprint density at radius 2 is 0.941 bits per heavy atom. The molecule has 0 aromatic rings. The number of amides is 2. The second-order valence-corrected chi connectivity index (χ2v) is 2.88. The van der Waals surface area contributed by atoms with Crippen LogP contribution in [0.4, 0.5) is 9.59 Å². The third-order valence-corrected chi connectivity index (χ3v) is 2.04. The van der Waals surface area contributed by atoms with E-state index in [1.807, 2.05) is 0 Å². The fraction of sp³-hybridized carbons (Fsp3) is 0.800. The van der Waals surface area contributed by atoms with E-state index in [4.69, 9.17) is 0 Å². The molecular weight excluding hydrogens is 268 g/mol. The summed E-state index contributed by atoms with van der Waals surface area (Å²) >= 11 is 0. The van der Waals surface area contributed by atoms with Crippen LogP contribution in [0.3, 0.4) is 0 Å². The molecule has 0 aromatic heterocycles. The van der Waals surface area contributed by atoms with Gasteiger partial charge in [0, 0.05) is 26.2 Å². The average molecular weight is 288 g/mol. The summed E-state index contributed by atoms with van der Waals surface area (Å²) in [5, 5.41) is 20.0. The molecule has 0 spiro atoms. The van der Waals surface area contributed by atoms with Crippen LogP contribution >= 0.6 is 0 Å². The van der Waals surface area contributed by atoms with Crippen LogP contribution in [-0.2, 0) is 17.1 Å². The summed E-state index contributed by atoms with van der Waals surface area (Å²) < 4.78 is 0. The molecule has 17 heavy (non-hydrogen) atoms. The van der Waals surface area contributed by atoms with Crippen molar-refractivity contribution in [2.45, 2.75) is 27.7 Å². The van der Waals surface area contributed by atoms with Gasteiger partial charge in [-0.25, -0.2) is 0 Å². The number of carbonyl (C=O) groups excluding carboxylic acids is 2. The Kier molecular flexibility index (Phi) is 16.5. The summed E-state index contributed by atoms with van der Waals surface area (Å²) in [5.41, 5.74) is 0. The van der Waals surface area contributed by atoms with Crippen molar-refractivity contribution in [1.82, 2.24) is 9.80 Å². The maximum Gasteiger partial charge on any atom is 2.00 e. The van der Waals surface area contributed by atoms with Crippen LogP contribution in [0.1, 0.15) is 27.7 Å². The van der Waals surface area contributed by atoms with Crippen molar-refractivity contribution < 1.29 is 36.9 Å². The minimum absolute atomic E-state index is 0. The first-order valence-corrected chi connectivity index (χ1v) is 5.36. The second-order valence-electron chi connectivity index (χ2n) is 2.88. The third-order valence-electron chi connectivity index (χ3n) is 2.04. The normalized spacial score (nSPS) is 8.24. The Bertz CT molecular complexity index is 184. The van der Waals surface area contributed by atoms with Crippen molar-refractivity contribution in [3.05, 3.63) is 0 Å². The fourth-order valence-electron chi connectivity index (χ4n) is 0.964. The van der Waals surface area contributed by atoms with Gasteiger partial charge in [0.2, 0.25) is 0 Å². The summed E-state index contributed by atoms with van der Waals surface area (Å²) in [4.78, 5) is 22.4. The standard InChI is InChI=1S/2C5H11NO2.Fe/c2*1-3-6(4-2)5(7)8;/h2*3-4H2,1-2H3,(H,7,8);/q;;+2/p-2. The molecule has 0 saturated heterocycles. The number of hydrogen-bond acceptors (Lipinski definition) is 4. The van der Waals surface area contributed by atoms with E-state index in [1.54, 1.807) is 27.7 Å². The van der Waals surface area contributed by atoms with Gasteiger partial charge < -0.3 is 29.6 Å². The smallest absolute Gasteiger partial charge is 0.530 e. The van der Waals surface area contributed by atoms with E-state index in [9.17, 15) is 19.8 Å². The van der Waals surface area contributed by atoms with Crippen molar-refractivity contribution >= 4 is 12.2 Å². The van der Waals surface area contributed by atoms with Crippen LogP contribution in [0.2, 0.25) is 0 Å². The van der Waals surface area contributed by atoms with Gasteiger partial charge >= 0.3 is 17.1 Å². The molecule has 102 valence electrons. The topological polar surface area (TPSA) is 86.7 Å². The van der Waals surface area contributed by atoms with Crippen LogP contribution < -0.4 is 10.2 Å². The Balaban J connectivity index is -0.000000218. The number of carbonyl (C=O) groups is 2. The maximum atomic E-state index is 9.98. The van der Waals surface area contributed by atoms with Gasteiger partial charge in [-0.15, -0.1) is 0 Å². The predicted octanol–water partition coefficient (Wildman–Crippen LogP) is -0.659. The molecule has 0 aliphatic carbocycles. The van der Waals surface area contributed by atoms with Gasteiger partial charge in [-0.1, -0.05) is 0 Å². The van der Waals surface area contributed by atoms with Gasteiger partial charge in [0.15, 0.2) is 0 Å². The van der Waals surface area contributed by atoms with Crippen molar-refractivity contribution in [1.29, 1.82) is 0 Å². The second kappa shape index (κ2) is 13.1. The molecule has 0 fully saturated rings. The molecule has 7 heteroatoms. The third kappa shape index (κ3) is 11.3. The summed E-state index contributed by atoms with van der Waals surface area (Å²) in [7, 11) is 0. The molecule has 0 aliphatic rings. The Hall–Kier alpha value is -0.941. The van der Waals surface area contributed by atoms with Crippen molar-refractivity contribution in [2.75, 3.05) is 26.2 Å². The fourth-order valence-corrected chi connectivity index (χ4v) is 0.964. The zero-order chi connectivity index (χ0) is 13.1.